The molecule has 7 heteroatoms. The molecule has 114 valence electrons. The first-order chi connectivity index (χ1) is 10.5. The highest BCUT2D eigenvalue weighted by Gasteiger charge is 2.15. The molecule has 0 aliphatic carbocycles. The third-order valence-electron chi connectivity index (χ3n) is 2.82. The maximum Gasteiger partial charge on any atom is 0.409 e. The van der Waals surface area contributed by atoms with Gasteiger partial charge < -0.3 is 14.6 Å². The summed E-state index contributed by atoms with van der Waals surface area (Å²) in [5.74, 6) is 3.37. The van der Waals surface area contributed by atoms with E-state index in [-0.39, 0.29) is 6.61 Å². The zero-order valence-electron chi connectivity index (χ0n) is 12.2. The molecule has 0 fully saturated rings. The molecule has 2 N–H and O–H groups in total. The van der Waals surface area contributed by atoms with Gasteiger partial charge in [0.1, 0.15) is 12.3 Å². The Bertz CT molecular complexity index is 731. The van der Waals surface area contributed by atoms with Crippen LogP contribution in [0.25, 0.3) is 11.3 Å². The van der Waals surface area contributed by atoms with Gasteiger partial charge in [0.15, 0.2) is 11.5 Å². The van der Waals surface area contributed by atoms with Gasteiger partial charge in [0.25, 0.3) is 0 Å². The van der Waals surface area contributed by atoms with E-state index in [1.54, 1.807) is 31.4 Å². The molecule has 2 aromatic rings. The average Bonchev–Trinajstić information content (AvgIpc) is 2.84. The van der Waals surface area contributed by atoms with Gasteiger partial charge in [-0.05, 0) is 18.2 Å². The van der Waals surface area contributed by atoms with Crippen LogP contribution < -0.4 is 14.8 Å². The van der Waals surface area contributed by atoms with Crippen molar-refractivity contribution in [1.29, 1.82) is 0 Å². The maximum atomic E-state index is 10.8. The van der Waals surface area contributed by atoms with Gasteiger partial charge in [0.05, 0.1) is 12.8 Å². The van der Waals surface area contributed by atoms with Gasteiger partial charge in [-0.25, -0.2) is 4.79 Å². The predicted molar refractivity (Wildman–Crippen MR) is 81.2 cm³/mol. The van der Waals surface area contributed by atoms with Crippen LogP contribution in [0, 0.1) is 12.3 Å². The lowest BCUT2D eigenvalue weighted by Crippen LogP contribution is -2.07. The van der Waals surface area contributed by atoms with Crippen LogP contribution in [0.3, 0.4) is 0 Å². The zero-order valence-corrected chi connectivity index (χ0v) is 12.2. The van der Waals surface area contributed by atoms with Crippen LogP contribution in [-0.4, -0.2) is 34.7 Å². The number of aromatic nitrogens is 2. The van der Waals surface area contributed by atoms with Crippen LogP contribution in [0.15, 0.2) is 24.4 Å². The summed E-state index contributed by atoms with van der Waals surface area (Å²) >= 11 is 0. The molecule has 0 saturated carbocycles. The lowest BCUT2D eigenvalue weighted by molar-refractivity contribution is 0.210. The first kappa shape index (κ1) is 15.3. The van der Waals surface area contributed by atoms with Crippen molar-refractivity contribution < 1.29 is 19.4 Å². The second kappa shape index (κ2) is 6.54. The predicted octanol–water partition coefficient (Wildman–Crippen LogP) is 2.20. The molecule has 1 heterocycles. The van der Waals surface area contributed by atoms with E-state index in [9.17, 15) is 4.79 Å². The lowest BCUT2D eigenvalue weighted by Gasteiger charge is -2.10. The quantitative estimate of drug-likeness (QED) is 0.827. The number of benzene rings is 1. The van der Waals surface area contributed by atoms with Gasteiger partial charge in [-0.2, -0.15) is 5.10 Å². The molecule has 0 bridgehead atoms. The lowest BCUT2D eigenvalue weighted by atomic mass is 10.1. The van der Waals surface area contributed by atoms with Crippen molar-refractivity contribution in [1.82, 2.24) is 9.78 Å². The monoisotopic (exact) mass is 301 g/mol. The summed E-state index contributed by atoms with van der Waals surface area (Å²) in [6.07, 6.45) is 5.59. The molecule has 0 saturated heterocycles. The van der Waals surface area contributed by atoms with E-state index < -0.39 is 6.09 Å². The largest absolute Gasteiger partial charge is 0.493 e. The molecule has 0 aliphatic heterocycles. The normalized spacial score (nSPS) is 9.86. The fraction of sp³-hybridized carbons (Fsp3) is 0.200. The van der Waals surface area contributed by atoms with Crippen molar-refractivity contribution in [2.24, 2.45) is 7.05 Å². The number of nitrogens with one attached hydrogen (secondary N) is 1. The topological polar surface area (TPSA) is 85.6 Å². The Morgan fingerprint density at radius 2 is 2.27 bits per heavy atom. The molecule has 1 amide bonds. The van der Waals surface area contributed by atoms with Crippen molar-refractivity contribution in [2.75, 3.05) is 19.0 Å². The average molecular weight is 301 g/mol. The van der Waals surface area contributed by atoms with Gasteiger partial charge in [-0.15, -0.1) is 6.42 Å². The molecule has 0 spiro atoms. The van der Waals surface area contributed by atoms with Crippen LogP contribution in [0.4, 0.5) is 10.5 Å². The van der Waals surface area contributed by atoms with Gasteiger partial charge >= 0.3 is 6.09 Å². The summed E-state index contributed by atoms with van der Waals surface area (Å²) in [4.78, 5) is 10.8. The minimum absolute atomic E-state index is 0.130. The van der Waals surface area contributed by atoms with Crippen molar-refractivity contribution in [3.63, 3.8) is 0 Å². The molecular formula is C15H15N3O4. The van der Waals surface area contributed by atoms with Gasteiger partial charge in [0.2, 0.25) is 0 Å². The molecule has 2 rings (SSSR count). The Labute approximate surface area is 127 Å². The molecule has 1 aromatic heterocycles. The Kier molecular flexibility index (Phi) is 4.53. The summed E-state index contributed by atoms with van der Waals surface area (Å²) in [7, 11) is 3.22. The summed E-state index contributed by atoms with van der Waals surface area (Å²) in [5.41, 5.74) is 1.57. The summed E-state index contributed by atoms with van der Waals surface area (Å²) in [6.45, 7) is 0.130. The SMILES string of the molecule is C#CCOc1ccc(-c2nn(C)cc2NC(=O)O)cc1OC. The number of methoxy groups -OCH3 is 1. The number of amides is 1. The third-order valence-corrected chi connectivity index (χ3v) is 2.82. The first-order valence-corrected chi connectivity index (χ1v) is 6.33. The molecule has 1 aromatic carbocycles. The second-order valence-electron chi connectivity index (χ2n) is 4.35. The van der Waals surface area contributed by atoms with E-state index in [2.05, 4.69) is 16.3 Å². The number of carboxylic acid groups (broad SMARTS) is 1. The van der Waals surface area contributed by atoms with Crippen LogP contribution in [0.1, 0.15) is 0 Å². The summed E-state index contributed by atoms with van der Waals surface area (Å²) < 4.78 is 12.2. The van der Waals surface area contributed by atoms with Crippen molar-refractivity contribution >= 4 is 11.8 Å². The number of anilines is 1. The Balaban J connectivity index is 2.41. The maximum absolute atomic E-state index is 10.8. The Morgan fingerprint density at radius 3 is 2.91 bits per heavy atom. The van der Waals surface area contributed by atoms with E-state index >= 15 is 0 Å². The highest BCUT2D eigenvalue weighted by molar-refractivity contribution is 5.89. The van der Waals surface area contributed by atoms with E-state index in [0.29, 0.717) is 28.4 Å². The molecular weight excluding hydrogens is 286 g/mol. The molecule has 0 aliphatic rings. The molecule has 0 radical (unpaired) electrons. The van der Waals surface area contributed by atoms with Gasteiger partial charge in [-0.1, -0.05) is 5.92 Å². The van der Waals surface area contributed by atoms with Crippen molar-refractivity contribution in [3.05, 3.63) is 24.4 Å². The fourth-order valence-corrected chi connectivity index (χ4v) is 1.96. The highest BCUT2D eigenvalue weighted by atomic mass is 16.5. The standard InChI is InChI=1S/C15H15N3O4/c1-4-7-22-12-6-5-10(8-13(12)21-3)14-11(16-15(19)20)9-18(2)17-14/h1,5-6,8-9,16H,7H2,2-3H3,(H,19,20). The highest BCUT2D eigenvalue weighted by Crippen LogP contribution is 2.34. The molecule has 7 nitrogen and oxygen atoms in total. The molecule has 0 atom stereocenters. The van der Waals surface area contributed by atoms with Crippen LogP contribution in [-0.2, 0) is 7.05 Å². The number of carbonyl (C=O) groups is 1. The summed E-state index contributed by atoms with van der Waals surface area (Å²) in [5, 5.41) is 15.5. The Hall–Kier alpha value is -3.14. The third kappa shape index (κ3) is 3.30. The zero-order chi connectivity index (χ0) is 16.1. The second-order valence-corrected chi connectivity index (χ2v) is 4.35. The van der Waals surface area contributed by atoms with E-state index in [1.807, 2.05) is 0 Å². The molecule has 0 unspecified atom stereocenters. The van der Waals surface area contributed by atoms with Crippen molar-refractivity contribution in [3.8, 4) is 35.1 Å². The van der Waals surface area contributed by atoms with Crippen LogP contribution >= 0.6 is 0 Å². The smallest absolute Gasteiger partial charge is 0.409 e. The van der Waals surface area contributed by atoms with E-state index in [4.69, 9.17) is 21.0 Å². The number of hydrogen-bond acceptors (Lipinski definition) is 4. The van der Waals surface area contributed by atoms with Gasteiger partial charge in [0, 0.05) is 18.8 Å². The Morgan fingerprint density at radius 1 is 1.50 bits per heavy atom. The minimum Gasteiger partial charge on any atom is -0.493 e. The number of hydrogen-bond donors (Lipinski definition) is 2. The number of aryl methyl sites for hydroxylation is 1. The number of nitrogens with zero attached hydrogens (tertiary/aromatic N) is 2. The van der Waals surface area contributed by atoms with Crippen LogP contribution in [0.2, 0.25) is 0 Å². The molecule has 22 heavy (non-hydrogen) atoms. The van der Waals surface area contributed by atoms with Crippen molar-refractivity contribution in [2.45, 2.75) is 0 Å². The van der Waals surface area contributed by atoms with Gasteiger partial charge in [-0.3, -0.25) is 10.00 Å². The number of ether oxygens (including phenoxy) is 2. The summed E-state index contributed by atoms with van der Waals surface area (Å²) in [6, 6.07) is 5.16. The fourth-order valence-electron chi connectivity index (χ4n) is 1.96. The van der Waals surface area contributed by atoms with E-state index in [0.717, 1.165) is 0 Å². The van der Waals surface area contributed by atoms with E-state index in [1.165, 1.54) is 11.8 Å². The first-order valence-electron chi connectivity index (χ1n) is 6.33. The minimum atomic E-state index is -1.16. The van der Waals surface area contributed by atoms with Crippen LogP contribution in [0.5, 0.6) is 11.5 Å². The number of rotatable bonds is 5. The number of terminal acetylenes is 1.